The van der Waals surface area contributed by atoms with Crippen molar-refractivity contribution in [2.75, 3.05) is 6.61 Å². The maximum atomic E-state index is 5.12. The van der Waals surface area contributed by atoms with Crippen molar-refractivity contribution >= 4 is 11.6 Å². The minimum absolute atomic E-state index is 0.695. The molecule has 0 fully saturated rings. The largest absolute Gasteiger partial charge is 0.501 e. The molecule has 0 radical (unpaired) electrons. The van der Waals surface area contributed by atoms with Crippen LogP contribution in [0.5, 0.6) is 0 Å². The quantitative estimate of drug-likeness (QED) is 0.691. The highest BCUT2D eigenvalue weighted by Crippen LogP contribution is 2.06. The number of nitrogens with zero attached hydrogens (tertiary/aromatic N) is 2. The number of rotatable bonds is 3. The summed E-state index contributed by atoms with van der Waals surface area (Å²) in [5.41, 5.74) is 2.17. The van der Waals surface area contributed by atoms with Crippen LogP contribution in [0, 0.1) is 0 Å². The molecule has 0 saturated carbocycles. The first-order valence-electron chi connectivity index (χ1n) is 4.61. The second-order valence-corrected chi connectivity index (χ2v) is 2.92. The first kappa shape index (κ1) is 8.81. The molecule has 0 N–H and O–H groups in total. The lowest BCUT2D eigenvalue weighted by molar-refractivity contribution is 0.272. The predicted molar refractivity (Wildman–Crippen MR) is 55.9 cm³/mol. The molecule has 0 spiro atoms. The van der Waals surface area contributed by atoms with E-state index in [1.54, 1.807) is 12.5 Å². The van der Waals surface area contributed by atoms with E-state index in [0.717, 1.165) is 11.1 Å². The minimum Gasteiger partial charge on any atom is -0.501 e. The molecular formula is C11H12N2O. The Morgan fingerprint density at radius 2 is 2.36 bits per heavy atom. The van der Waals surface area contributed by atoms with Gasteiger partial charge in [-0.1, -0.05) is 6.07 Å². The van der Waals surface area contributed by atoms with Crippen LogP contribution in [-0.4, -0.2) is 16.2 Å². The second-order valence-electron chi connectivity index (χ2n) is 2.92. The highest BCUT2D eigenvalue weighted by Gasteiger charge is 1.92. The zero-order valence-electron chi connectivity index (χ0n) is 8.05. The van der Waals surface area contributed by atoms with Gasteiger partial charge in [-0.2, -0.15) is 5.10 Å². The Kier molecular flexibility index (Phi) is 2.49. The molecule has 0 aliphatic rings. The van der Waals surface area contributed by atoms with Crippen molar-refractivity contribution in [3.8, 4) is 0 Å². The maximum Gasteiger partial charge on any atom is 0.0845 e. The van der Waals surface area contributed by atoms with Crippen LogP contribution >= 0.6 is 0 Å². The summed E-state index contributed by atoms with van der Waals surface area (Å²) in [7, 11) is 0. The smallest absolute Gasteiger partial charge is 0.0845 e. The van der Waals surface area contributed by atoms with Crippen LogP contribution in [-0.2, 0) is 4.74 Å². The normalized spacial score (nSPS) is 11.2. The first-order valence-corrected chi connectivity index (χ1v) is 4.61. The molecule has 0 bridgehead atoms. The van der Waals surface area contributed by atoms with Crippen LogP contribution in [0.1, 0.15) is 12.5 Å². The van der Waals surface area contributed by atoms with Gasteiger partial charge in [-0.25, -0.2) is 4.52 Å². The Hall–Kier alpha value is -1.77. The number of hydrogen-bond acceptors (Lipinski definition) is 2. The molecule has 14 heavy (non-hydrogen) atoms. The van der Waals surface area contributed by atoms with Crippen LogP contribution in [0.15, 0.2) is 36.9 Å². The van der Waals surface area contributed by atoms with Gasteiger partial charge in [-0.05, 0) is 30.7 Å². The van der Waals surface area contributed by atoms with Crippen molar-refractivity contribution in [1.82, 2.24) is 9.61 Å². The van der Waals surface area contributed by atoms with Gasteiger partial charge in [-0.15, -0.1) is 0 Å². The summed E-state index contributed by atoms with van der Waals surface area (Å²) >= 11 is 0. The molecule has 3 heteroatoms. The number of hydrogen-bond donors (Lipinski definition) is 0. The van der Waals surface area contributed by atoms with E-state index in [4.69, 9.17) is 4.74 Å². The van der Waals surface area contributed by atoms with Gasteiger partial charge in [0, 0.05) is 12.4 Å². The highest BCUT2D eigenvalue weighted by molar-refractivity contribution is 5.53. The van der Waals surface area contributed by atoms with Crippen molar-refractivity contribution in [3.05, 3.63) is 42.4 Å². The third-order valence-corrected chi connectivity index (χ3v) is 1.94. The summed E-state index contributed by atoms with van der Waals surface area (Å²) in [5.74, 6) is 0. The molecule has 2 aromatic heterocycles. The molecule has 0 atom stereocenters. The predicted octanol–water partition coefficient (Wildman–Crippen LogP) is 2.34. The molecule has 2 rings (SSSR count). The van der Waals surface area contributed by atoms with E-state index in [2.05, 4.69) is 5.10 Å². The molecule has 0 aliphatic carbocycles. The average Bonchev–Trinajstić information content (AvgIpc) is 2.65. The lowest BCUT2D eigenvalue weighted by Gasteiger charge is -1.96. The third-order valence-electron chi connectivity index (χ3n) is 1.94. The van der Waals surface area contributed by atoms with E-state index < -0.39 is 0 Å². The van der Waals surface area contributed by atoms with Crippen molar-refractivity contribution in [1.29, 1.82) is 0 Å². The Balaban J connectivity index is 2.25. The van der Waals surface area contributed by atoms with Gasteiger partial charge < -0.3 is 4.74 Å². The molecule has 2 heterocycles. The van der Waals surface area contributed by atoms with Gasteiger partial charge in [0.2, 0.25) is 0 Å². The zero-order chi connectivity index (χ0) is 9.80. The zero-order valence-corrected chi connectivity index (χ0v) is 8.05. The van der Waals surface area contributed by atoms with Gasteiger partial charge in [0.25, 0.3) is 0 Å². The van der Waals surface area contributed by atoms with E-state index in [9.17, 15) is 0 Å². The van der Waals surface area contributed by atoms with Crippen LogP contribution < -0.4 is 0 Å². The topological polar surface area (TPSA) is 26.5 Å². The lowest BCUT2D eigenvalue weighted by Crippen LogP contribution is -1.86. The van der Waals surface area contributed by atoms with Crippen molar-refractivity contribution < 1.29 is 4.74 Å². The third kappa shape index (κ3) is 1.76. The van der Waals surface area contributed by atoms with E-state index in [-0.39, 0.29) is 0 Å². The van der Waals surface area contributed by atoms with Gasteiger partial charge >= 0.3 is 0 Å². The molecule has 0 aliphatic heterocycles. The fourth-order valence-corrected chi connectivity index (χ4v) is 1.25. The van der Waals surface area contributed by atoms with E-state index in [1.807, 2.05) is 41.9 Å². The Bertz CT molecular complexity index is 445. The summed E-state index contributed by atoms with van der Waals surface area (Å²) in [6, 6.07) is 6.03. The van der Waals surface area contributed by atoms with Gasteiger partial charge in [0.1, 0.15) is 0 Å². The highest BCUT2D eigenvalue weighted by atomic mass is 16.5. The molecule has 2 aromatic rings. The van der Waals surface area contributed by atoms with Crippen LogP contribution in [0.4, 0.5) is 0 Å². The van der Waals surface area contributed by atoms with Crippen LogP contribution in [0.25, 0.3) is 11.6 Å². The Morgan fingerprint density at radius 3 is 3.21 bits per heavy atom. The molecular weight excluding hydrogens is 176 g/mol. The standard InChI is InChI=1S/C11H12N2O/c1-2-14-8-6-10-3-4-11-5-7-12-13(11)9-10/h3-9H,2H2,1H3. The van der Waals surface area contributed by atoms with Crippen molar-refractivity contribution in [2.45, 2.75) is 6.92 Å². The fourth-order valence-electron chi connectivity index (χ4n) is 1.25. The van der Waals surface area contributed by atoms with Gasteiger partial charge in [-0.3, -0.25) is 0 Å². The summed E-state index contributed by atoms with van der Waals surface area (Å²) in [4.78, 5) is 0. The lowest BCUT2D eigenvalue weighted by atomic mass is 10.2. The fraction of sp³-hybridized carbons (Fsp3) is 0.182. The molecule has 3 nitrogen and oxygen atoms in total. The van der Waals surface area contributed by atoms with Gasteiger partial charge in [0.15, 0.2) is 0 Å². The number of aromatic nitrogens is 2. The Morgan fingerprint density at radius 1 is 1.43 bits per heavy atom. The summed E-state index contributed by atoms with van der Waals surface area (Å²) in [5, 5.41) is 4.15. The van der Waals surface area contributed by atoms with E-state index in [0.29, 0.717) is 6.61 Å². The molecule has 72 valence electrons. The van der Waals surface area contributed by atoms with Gasteiger partial charge in [0.05, 0.1) is 18.4 Å². The number of fused-ring (bicyclic) bond motifs is 1. The average molecular weight is 188 g/mol. The van der Waals surface area contributed by atoms with Crippen molar-refractivity contribution in [2.24, 2.45) is 0 Å². The summed E-state index contributed by atoms with van der Waals surface area (Å²) in [6.45, 7) is 2.65. The summed E-state index contributed by atoms with van der Waals surface area (Å²) in [6.07, 6.45) is 7.37. The van der Waals surface area contributed by atoms with Crippen LogP contribution in [0.3, 0.4) is 0 Å². The first-order chi connectivity index (χ1) is 6.90. The molecule has 0 amide bonds. The molecule has 0 unspecified atom stereocenters. The molecule has 0 aromatic carbocycles. The second kappa shape index (κ2) is 3.96. The van der Waals surface area contributed by atoms with Crippen molar-refractivity contribution in [3.63, 3.8) is 0 Å². The monoisotopic (exact) mass is 188 g/mol. The van der Waals surface area contributed by atoms with E-state index in [1.165, 1.54) is 0 Å². The SMILES string of the molecule is CCOC=Cc1ccc2ccnn2c1. The van der Waals surface area contributed by atoms with Crippen LogP contribution in [0.2, 0.25) is 0 Å². The van der Waals surface area contributed by atoms with E-state index >= 15 is 0 Å². The number of pyridine rings is 1. The molecule has 0 saturated heterocycles. The Labute approximate surface area is 82.6 Å². The number of ether oxygens (including phenoxy) is 1. The summed E-state index contributed by atoms with van der Waals surface area (Å²) < 4.78 is 6.96. The minimum atomic E-state index is 0.695. The maximum absolute atomic E-state index is 5.12.